The number of thiophene rings is 1. The molecule has 2 fully saturated rings. The molecule has 1 N–H and O–H groups in total. The van der Waals surface area contributed by atoms with Crippen molar-refractivity contribution < 1.29 is 5.11 Å². The molecule has 1 saturated carbocycles. The van der Waals surface area contributed by atoms with Gasteiger partial charge in [0.25, 0.3) is 0 Å². The van der Waals surface area contributed by atoms with Crippen LogP contribution in [-0.4, -0.2) is 28.6 Å². The van der Waals surface area contributed by atoms with Crippen LogP contribution >= 0.6 is 11.3 Å². The van der Waals surface area contributed by atoms with E-state index >= 15 is 0 Å². The van der Waals surface area contributed by atoms with Crippen molar-refractivity contribution in [3.05, 3.63) is 22.4 Å². The number of aliphatic hydroxyl groups is 1. The van der Waals surface area contributed by atoms with Gasteiger partial charge < -0.3 is 5.11 Å². The Morgan fingerprint density at radius 2 is 1.88 bits per heavy atom. The van der Waals surface area contributed by atoms with Crippen molar-refractivity contribution in [2.24, 2.45) is 0 Å². The fourth-order valence-corrected chi connectivity index (χ4v) is 4.33. The molecule has 0 aromatic carbocycles. The predicted molar refractivity (Wildman–Crippen MR) is 71.3 cm³/mol. The van der Waals surface area contributed by atoms with Gasteiger partial charge in [0.05, 0.1) is 11.6 Å². The second-order valence-electron chi connectivity index (χ2n) is 5.46. The number of hydrogen-bond acceptors (Lipinski definition) is 3. The van der Waals surface area contributed by atoms with Crippen molar-refractivity contribution in [2.75, 3.05) is 13.1 Å². The van der Waals surface area contributed by atoms with Gasteiger partial charge in [0, 0.05) is 0 Å². The third-order valence-electron chi connectivity index (χ3n) is 4.57. The molecule has 1 atom stereocenters. The van der Waals surface area contributed by atoms with Crippen LogP contribution in [0.3, 0.4) is 0 Å². The molecule has 0 bridgehead atoms. The Kier molecular flexibility index (Phi) is 3.24. The third kappa shape index (κ3) is 1.94. The summed E-state index contributed by atoms with van der Waals surface area (Å²) in [6, 6.07) is 2.09. The van der Waals surface area contributed by atoms with E-state index in [4.69, 9.17) is 0 Å². The van der Waals surface area contributed by atoms with Crippen LogP contribution in [0.2, 0.25) is 0 Å². The highest BCUT2D eigenvalue weighted by atomic mass is 32.1. The lowest BCUT2D eigenvalue weighted by molar-refractivity contribution is -0.0193. The van der Waals surface area contributed by atoms with Crippen molar-refractivity contribution in [3.63, 3.8) is 0 Å². The summed E-state index contributed by atoms with van der Waals surface area (Å²) >= 11 is 1.69. The van der Waals surface area contributed by atoms with Crippen molar-refractivity contribution >= 4 is 11.3 Å². The molecule has 0 amide bonds. The maximum absolute atomic E-state index is 10.8. The zero-order chi connectivity index (χ0) is 11.7. The summed E-state index contributed by atoms with van der Waals surface area (Å²) in [7, 11) is 0. The molecule has 1 aromatic heterocycles. The highest BCUT2D eigenvalue weighted by molar-refractivity contribution is 7.07. The molecule has 0 spiro atoms. The van der Waals surface area contributed by atoms with E-state index < -0.39 is 0 Å². The van der Waals surface area contributed by atoms with E-state index in [-0.39, 0.29) is 11.6 Å². The van der Waals surface area contributed by atoms with Crippen LogP contribution in [-0.2, 0) is 0 Å². The minimum Gasteiger partial charge on any atom is -0.386 e. The van der Waals surface area contributed by atoms with Crippen LogP contribution < -0.4 is 0 Å². The van der Waals surface area contributed by atoms with Crippen molar-refractivity contribution in [1.29, 1.82) is 0 Å². The van der Waals surface area contributed by atoms with E-state index in [1.54, 1.807) is 11.3 Å². The summed E-state index contributed by atoms with van der Waals surface area (Å²) < 4.78 is 0. The summed E-state index contributed by atoms with van der Waals surface area (Å²) in [5.41, 5.74) is 1.18. The first kappa shape index (κ1) is 11.7. The Hall–Kier alpha value is -0.380. The number of likely N-dealkylation sites (tertiary alicyclic amines) is 1. The van der Waals surface area contributed by atoms with Gasteiger partial charge in [-0.1, -0.05) is 12.8 Å². The normalized spacial score (nSPS) is 26.4. The fourth-order valence-electron chi connectivity index (χ4n) is 3.65. The first-order valence-electron chi connectivity index (χ1n) is 6.78. The number of aliphatic hydroxyl groups excluding tert-OH is 1. The van der Waals surface area contributed by atoms with Gasteiger partial charge in [-0.05, 0) is 61.2 Å². The van der Waals surface area contributed by atoms with Crippen LogP contribution in [0.4, 0.5) is 0 Å². The molecule has 1 aliphatic heterocycles. The van der Waals surface area contributed by atoms with E-state index in [9.17, 15) is 5.11 Å². The molecule has 94 valence electrons. The first-order valence-corrected chi connectivity index (χ1v) is 7.72. The maximum Gasteiger partial charge on any atom is 0.0981 e. The minimum atomic E-state index is -0.283. The van der Waals surface area contributed by atoms with Gasteiger partial charge in [-0.2, -0.15) is 11.3 Å². The molecule has 1 saturated heterocycles. The topological polar surface area (TPSA) is 23.5 Å². The molecule has 0 radical (unpaired) electrons. The molecular formula is C14H21NOS. The Labute approximate surface area is 107 Å². The highest BCUT2D eigenvalue weighted by Crippen LogP contribution is 2.46. The van der Waals surface area contributed by atoms with Crippen LogP contribution in [0.25, 0.3) is 0 Å². The first-order chi connectivity index (χ1) is 8.33. The molecule has 1 unspecified atom stereocenters. The summed E-state index contributed by atoms with van der Waals surface area (Å²) in [4.78, 5) is 2.57. The quantitative estimate of drug-likeness (QED) is 0.892. The Morgan fingerprint density at radius 3 is 2.47 bits per heavy atom. The zero-order valence-corrected chi connectivity index (χ0v) is 11.1. The summed E-state index contributed by atoms with van der Waals surface area (Å²) in [6.07, 6.45) is 7.22. The van der Waals surface area contributed by atoms with Gasteiger partial charge in [0.2, 0.25) is 0 Å². The van der Waals surface area contributed by atoms with E-state index in [1.165, 1.54) is 51.6 Å². The average Bonchev–Trinajstić information content (AvgIpc) is 3.10. The largest absolute Gasteiger partial charge is 0.386 e. The van der Waals surface area contributed by atoms with Crippen molar-refractivity contribution in [1.82, 2.24) is 4.90 Å². The van der Waals surface area contributed by atoms with E-state index in [2.05, 4.69) is 21.7 Å². The van der Waals surface area contributed by atoms with Gasteiger partial charge in [-0.25, -0.2) is 0 Å². The molecule has 1 aliphatic carbocycles. The third-order valence-corrected chi connectivity index (χ3v) is 5.27. The standard InChI is InChI=1S/C14H21NOS/c16-13(12-5-10-17-11-12)14(6-1-2-7-14)15-8-3-4-9-15/h5,10-11,13,16H,1-4,6-9H2. The monoisotopic (exact) mass is 251 g/mol. The summed E-state index contributed by atoms with van der Waals surface area (Å²) in [6.45, 7) is 2.36. The predicted octanol–water partition coefficient (Wildman–Crippen LogP) is 3.19. The molecule has 3 rings (SSSR count). The zero-order valence-electron chi connectivity index (χ0n) is 10.3. The molecule has 1 aromatic rings. The minimum absolute atomic E-state index is 0.0531. The van der Waals surface area contributed by atoms with Crippen molar-refractivity contribution in [3.8, 4) is 0 Å². The second-order valence-corrected chi connectivity index (χ2v) is 6.24. The van der Waals surface area contributed by atoms with Gasteiger partial charge >= 0.3 is 0 Å². The molecule has 2 heterocycles. The van der Waals surface area contributed by atoms with E-state index in [1.807, 2.05) is 0 Å². The van der Waals surface area contributed by atoms with Gasteiger partial charge in [0.15, 0.2) is 0 Å². The summed E-state index contributed by atoms with van der Waals surface area (Å²) in [5.74, 6) is 0. The number of rotatable bonds is 3. The SMILES string of the molecule is OC(c1ccsc1)C1(N2CCCC2)CCCC1. The van der Waals surface area contributed by atoms with E-state index in [0.29, 0.717) is 0 Å². The molecule has 2 nitrogen and oxygen atoms in total. The lowest BCUT2D eigenvalue weighted by Gasteiger charge is -2.42. The maximum atomic E-state index is 10.8. The Balaban J connectivity index is 1.88. The average molecular weight is 251 g/mol. The smallest absolute Gasteiger partial charge is 0.0981 e. The molecule has 3 heteroatoms. The highest BCUT2D eigenvalue weighted by Gasteiger charge is 2.46. The van der Waals surface area contributed by atoms with Crippen LogP contribution in [0.1, 0.15) is 50.2 Å². The van der Waals surface area contributed by atoms with Crippen LogP contribution in [0, 0.1) is 0 Å². The van der Waals surface area contributed by atoms with Gasteiger partial charge in [-0.3, -0.25) is 4.90 Å². The number of nitrogens with zero attached hydrogens (tertiary/aromatic N) is 1. The fraction of sp³-hybridized carbons (Fsp3) is 0.714. The second kappa shape index (κ2) is 4.71. The van der Waals surface area contributed by atoms with Crippen LogP contribution in [0.15, 0.2) is 16.8 Å². The summed E-state index contributed by atoms with van der Waals surface area (Å²) in [5, 5.41) is 15.0. The molecule has 2 aliphatic rings. The Morgan fingerprint density at radius 1 is 1.18 bits per heavy atom. The van der Waals surface area contributed by atoms with Gasteiger partial charge in [-0.15, -0.1) is 0 Å². The van der Waals surface area contributed by atoms with Gasteiger partial charge in [0.1, 0.15) is 0 Å². The number of hydrogen-bond donors (Lipinski definition) is 1. The lowest BCUT2D eigenvalue weighted by atomic mass is 9.85. The van der Waals surface area contributed by atoms with Crippen LogP contribution in [0.5, 0.6) is 0 Å². The lowest BCUT2D eigenvalue weighted by Crippen LogP contribution is -2.49. The van der Waals surface area contributed by atoms with E-state index in [0.717, 1.165) is 5.56 Å². The van der Waals surface area contributed by atoms with Crippen molar-refractivity contribution in [2.45, 2.75) is 50.2 Å². The Bertz CT molecular complexity index is 350. The molecule has 17 heavy (non-hydrogen) atoms. The molecular weight excluding hydrogens is 230 g/mol.